The van der Waals surface area contributed by atoms with E-state index in [-0.39, 0.29) is 29.7 Å². The van der Waals surface area contributed by atoms with Crippen molar-refractivity contribution in [2.45, 2.75) is 39.4 Å². The van der Waals surface area contributed by atoms with Crippen molar-refractivity contribution in [2.24, 2.45) is 23.5 Å². The number of aliphatic carboxylic acids is 1. The number of fused-ring (bicyclic) bond motifs is 2. The number of rotatable bonds is 10. The Morgan fingerprint density at radius 2 is 1.59 bits per heavy atom. The Bertz CT molecular complexity index is 1410. The third-order valence-electron chi connectivity index (χ3n) is 7.31. The Hall–Kier alpha value is -4.18. The van der Waals surface area contributed by atoms with Crippen LogP contribution >= 0.6 is 0 Å². The van der Waals surface area contributed by atoms with E-state index in [1.165, 1.54) is 13.0 Å². The zero-order chi connectivity index (χ0) is 28.4. The van der Waals surface area contributed by atoms with Crippen LogP contribution in [0.3, 0.4) is 0 Å². The number of carbonyl (C=O) groups excluding carboxylic acids is 3. The van der Waals surface area contributed by atoms with Gasteiger partial charge < -0.3 is 16.2 Å². The van der Waals surface area contributed by atoms with Crippen molar-refractivity contribution in [3.63, 3.8) is 0 Å². The number of amides is 3. The molecular weight excluding hydrogens is 508 g/mol. The molecule has 0 saturated heterocycles. The molecule has 0 aromatic heterocycles. The van der Waals surface area contributed by atoms with Crippen LogP contribution in [0.4, 0.5) is 8.78 Å². The van der Waals surface area contributed by atoms with Crippen LogP contribution in [0.15, 0.2) is 54.6 Å². The molecule has 3 aromatic carbocycles. The van der Waals surface area contributed by atoms with Crippen molar-refractivity contribution in [3.8, 4) is 0 Å². The van der Waals surface area contributed by atoms with Crippen molar-refractivity contribution in [2.75, 3.05) is 0 Å². The van der Waals surface area contributed by atoms with Crippen LogP contribution in [-0.2, 0) is 16.1 Å². The fourth-order valence-electron chi connectivity index (χ4n) is 5.19. The number of nitrogens with zero attached hydrogens (tertiary/aromatic N) is 1. The standard InChI is InChI=1S/C29H29F2N3O5/c1-3-6-20(26(35)33-14-18-9-10-19(30)13-23(18)31)24(29(38)39)15(2)25(32)34-27(36)21-11-16-7-4-5-8-17(16)12-22(21)28(34)37/h4-5,7-13,15,20,24-25H,3,6,14,32H2,1-2H3,(H,33,35)(H,38,39)/t15?,20-,24+,25?/m0/s1. The number of hydrogen-bond donors (Lipinski definition) is 3. The minimum absolute atomic E-state index is 0.0371. The second kappa shape index (κ2) is 11.3. The highest BCUT2D eigenvalue weighted by Gasteiger charge is 2.46. The average molecular weight is 538 g/mol. The van der Waals surface area contributed by atoms with Gasteiger partial charge in [-0.1, -0.05) is 50.6 Å². The van der Waals surface area contributed by atoms with Crippen molar-refractivity contribution in [1.29, 1.82) is 0 Å². The van der Waals surface area contributed by atoms with Gasteiger partial charge in [-0.25, -0.2) is 8.78 Å². The van der Waals surface area contributed by atoms with E-state index in [1.807, 2.05) is 24.3 Å². The third-order valence-corrected chi connectivity index (χ3v) is 7.31. The second-order valence-corrected chi connectivity index (χ2v) is 9.79. The predicted octanol–water partition coefficient (Wildman–Crippen LogP) is 4.07. The number of nitrogens with two attached hydrogens (primary N) is 1. The normalized spacial score (nSPS) is 16.1. The van der Waals surface area contributed by atoms with Crippen LogP contribution in [0, 0.1) is 29.4 Å². The summed E-state index contributed by atoms with van der Waals surface area (Å²) in [5.41, 5.74) is 6.78. The SMILES string of the molecule is CCC[C@H](C(=O)NCc1ccc(F)cc1F)[C@H](C(=O)O)C(C)C(N)N1C(=O)c2cc3ccccc3cc2C1=O. The third kappa shape index (κ3) is 5.37. The number of benzene rings is 3. The second-order valence-electron chi connectivity index (χ2n) is 9.79. The maximum atomic E-state index is 14.0. The van der Waals surface area contributed by atoms with Crippen molar-refractivity contribution >= 4 is 34.5 Å². The lowest BCUT2D eigenvalue weighted by Gasteiger charge is -2.34. The van der Waals surface area contributed by atoms with E-state index < -0.39 is 59.2 Å². The van der Waals surface area contributed by atoms with E-state index in [0.29, 0.717) is 12.5 Å². The highest BCUT2D eigenvalue weighted by Crippen LogP contribution is 2.34. The van der Waals surface area contributed by atoms with E-state index in [0.717, 1.165) is 21.7 Å². The Kier molecular flexibility index (Phi) is 8.06. The highest BCUT2D eigenvalue weighted by atomic mass is 19.1. The van der Waals surface area contributed by atoms with E-state index >= 15 is 0 Å². The summed E-state index contributed by atoms with van der Waals surface area (Å²) in [4.78, 5) is 53.0. The molecule has 1 aliphatic rings. The first-order chi connectivity index (χ1) is 18.5. The first-order valence-electron chi connectivity index (χ1n) is 12.7. The Morgan fingerprint density at radius 3 is 2.10 bits per heavy atom. The first-order valence-corrected chi connectivity index (χ1v) is 12.7. The summed E-state index contributed by atoms with van der Waals surface area (Å²) in [5.74, 6) is -8.30. The summed E-state index contributed by atoms with van der Waals surface area (Å²) in [6, 6.07) is 13.4. The van der Waals surface area contributed by atoms with Gasteiger partial charge in [0, 0.05) is 24.1 Å². The van der Waals surface area contributed by atoms with Crippen LogP contribution in [-0.4, -0.2) is 39.9 Å². The molecule has 1 heterocycles. The molecule has 0 bridgehead atoms. The van der Waals surface area contributed by atoms with E-state index in [9.17, 15) is 33.1 Å². The lowest BCUT2D eigenvalue weighted by Crippen LogP contribution is -2.54. The molecule has 4 atom stereocenters. The summed E-state index contributed by atoms with van der Waals surface area (Å²) >= 11 is 0. The minimum Gasteiger partial charge on any atom is -0.481 e. The van der Waals surface area contributed by atoms with Gasteiger partial charge in [0.25, 0.3) is 11.8 Å². The maximum Gasteiger partial charge on any atom is 0.307 e. The molecule has 4 N–H and O–H groups in total. The number of imide groups is 1. The molecule has 4 rings (SSSR count). The van der Waals surface area contributed by atoms with Gasteiger partial charge in [-0.15, -0.1) is 0 Å². The molecule has 0 fully saturated rings. The molecule has 204 valence electrons. The molecule has 10 heteroatoms. The summed E-state index contributed by atoms with van der Waals surface area (Å²) in [6.45, 7) is 2.99. The molecule has 0 saturated carbocycles. The van der Waals surface area contributed by atoms with Gasteiger partial charge in [-0.3, -0.25) is 24.1 Å². The maximum absolute atomic E-state index is 14.0. The Labute approximate surface area is 223 Å². The largest absolute Gasteiger partial charge is 0.481 e. The van der Waals surface area contributed by atoms with Gasteiger partial charge in [0.2, 0.25) is 5.91 Å². The van der Waals surface area contributed by atoms with Gasteiger partial charge in [0.05, 0.1) is 29.1 Å². The molecule has 3 aromatic rings. The number of nitrogens with one attached hydrogen (secondary N) is 1. The number of halogens is 2. The fraction of sp³-hybridized carbons (Fsp3) is 0.310. The lowest BCUT2D eigenvalue weighted by molar-refractivity contribution is -0.151. The summed E-state index contributed by atoms with van der Waals surface area (Å²) in [5, 5.41) is 14.2. The average Bonchev–Trinajstić information content (AvgIpc) is 3.14. The van der Waals surface area contributed by atoms with Crippen molar-refractivity contribution < 1.29 is 33.1 Å². The van der Waals surface area contributed by atoms with Crippen LogP contribution in [0.25, 0.3) is 10.8 Å². The lowest BCUT2D eigenvalue weighted by atomic mass is 9.77. The van der Waals surface area contributed by atoms with Crippen molar-refractivity contribution in [3.05, 3.63) is 82.9 Å². The number of carboxylic acids is 1. The smallest absolute Gasteiger partial charge is 0.307 e. The Balaban J connectivity index is 1.57. The Morgan fingerprint density at radius 1 is 1.00 bits per heavy atom. The minimum atomic E-state index is -1.36. The first kappa shape index (κ1) is 27.8. The predicted molar refractivity (Wildman–Crippen MR) is 139 cm³/mol. The molecule has 0 spiro atoms. The van der Waals surface area contributed by atoms with Gasteiger partial charge in [0.15, 0.2) is 0 Å². The number of carbonyl (C=O) groups is 4. The van der Waals surface area contributed by atoms with Crippen LogP contribution in [0.2, 0.25) is 0 Å². The molecule has 1 aliphatic heterocycles. The van der Waals surface area contributed by atoms with E-state index in [1.54, 1.807) is 19.1 Å². The zero-order valence-electron chi connectivity index (χ0n) is 21.5. The molecule has 2 unspecified atom stereocenters. The zero-order valence-corrected chi connectivity index (χ0v) is 21.5. The highest BCUT2D eigenvalue weighted by molar-refractivity contribution is 6.23. The number of carboxylic acid groups (broad SMARTS) is 1. The summed E-state index contributed by atoms with van der Waals surface area (Å²) < 4.78 is 27.3. The van der Waals surface area contributed by atoms with Gasteiger partial charge in [-0.05, 0) is 35.4 Å². The van der Waals surface area contributed by atoms with E-state index in [2.05, 4.69) is 5.32 Å². The van der Waals surface area contributed by atoms with Gasteiger partial charge in [-0.2, -0.15) is 0 Å². The number of hydrogen-bond acceptors (Lipinski definition) is 5. The summed E-state index contributed by atoms with van der Waals surface area (Å²) in [7, 11) is 0. The summed E-state index contributed by atoms with van der Waals surface area (Å²) in [6.07, 6.45) is -0.712. The van der Waals surface area contributed by atoms with Gasteiger partial charge >= 0.3 is 5.97 Å². The fourth-order valence-corrected chi connectivity index (χ4v) is 5.19. The molecule has 0 aliphatic carbocycles. The molecule has 39 heavy (non-hydrogen) atoms. The molecule has 0 radical (unpaired) electrons. The molecule has 3 amide bonds. The monoisotopic (exact) mass is 537 g/mol. The van der Waals surface area contributed by atoms with Crippen LogP contribution in [0.5, 0.6) is 0 Å². The quantitative estimate of drug-likeness (QED) is 0.335. The molecule has 8 nitrogen and oxygen atoms in total. The van der Waals surface area contributed by atoms with Crippen LogP contribution in [0.1, 0.15) is 53.0 Å². The topological polar surface area (TPSA) is 130 Å². The van der Waals surface area contributed by atoms with E-state index in [4.69, 9.17) is 5.73 Å². The van der Waals surface area contributed by atoms with Gasteiger partial charge in [0.1, 0.15) is 11.6 Å². The van der Waals surface area contributed by atoms with Crippen LogP contribution < -0.4 is 11.1 Å². The van der Waals surface area contributed by atoms with Crippen molar-refractivity contribution in [1.82, 2.24) is 10.2 Å². The molecular formula is C29H29F2N3O5.